The summed E-state index contributed by atoms with van der Waals surface area (Å²) in [5, 5.41) is 16.2. The summed E-state index contributed by atoms with van der Waals surface area (Å²) in [6.07, 6.45) is 7.21. The first kappa shape index (κ1) is 28.2. The average molecular weight is 578 g/mol. The fraction of sp³-hybridized carbons (Fsp3) is 0.462. The van der Waals surface area contributed by atoms with E-state index in [0.29, 0.717) is 70.9 Å². The van der Waals surface area contributed by atoms with Gasteiger partial charge in [0.15, 0.2) is 18.1 Å². The topological polar surface area (TPSA) is 113 Å². The predicted molar refractivity (Wildman–Crippen MR) is 144 cm³/mol. The second kappa shape index (κ2) is 12.8. The molecule has 0 saturated heterocycles. The Labute approximate surface area is 224 Å². The van der Waals surface area contributed by atoms with Gasteiger partial charge in [0.05, 0.1) is 36.3 Å². The third-order valence-corrected chi connectivity index (χ3v) is 7.30. The average Bonchev–Trinajstić information content (AvgIpc) is 2.90. The minimum Gasteiger partial charge on any atom is -0.493 e. The van der Waals surface area contributed by atoms with Gasteiger partial charge in [-0.25, -0.2) is 0 Å². The Balaban J connectivity index is 2.13. The molecule has 1 aromatic rings. The third-order valence-electron chi connectivity index (χ3n) is 6.49. The molecule has 37 heavy (non-hydrogen) atoms. The highest BCUT2D eigenvalue weighted by Crippen LogP contribution is 2.46. The number of amides is 1. The number of fused-ring (bicyclic) bond motifs is 1. The van der Waals surface area contributed by atoms with Crippen molar-refractivity contribution in [2.75, 3.05) is 41.0 Å². The molecule has 1 amide bonds. The van der Waals surface area contributed by atoms with Crippen molar-refractivity contribution >= 4 is 33.6 Å². The number of benzene rings is 1. The molecule has 0 radical (unpaired) electrons. The van der Waals surface area contributed by atoms with Crippen LogP contribution in [0.5, 0.6) is 17.2 Å². The number of rotatable bonds is 10. The molecule has 3 rings (SSSR count). The lowest BCUT2D eigenvalue weighted by molar-refractivity contribution is -0.420. The normalized spacial score (nSPS) is 19.0. The van der Waals surface area contributed by atoms with Crippen LogP contribution in [0.1, 0.15) is 38.7 Å². The van der Waals surface area contributed by atoms with Crippen molar-refractivity contribution in [2.45, 2.75) is 33.1 Å². The number of oxime groups is 1. The van der Waals surface area contributed by atoms with Gasteiger partial charge >= 0.3 is 0 Å². The Hall–Kier alpha value is -3.34. The number of nitro groups is 1. The first-order valence-corrected chi connectivity index (χ1v) is 12.8. The summed E-state index contributed by atoms with van der Waals surface area (Å²) in [7, 11) is 4.58. The summed E-state index contributed by atoms with van der Waals surface area (Å²) in [4.78, 5) is 31.1. The minimum atomic E-state index is -0.396. The van der Waals surface area contributed by atoms with Gasteiger partial charge in [-0.15, -0.1) is 0 Å². The number of carbonyl (C=O) groups is 1. The third kappa shape index (κ3) is 5.98. The van der Waals surface area contributed by atoms with Crippen molar-refractivity contribution < 1.29 is 28.8 Å². The van der Waals surface area contributed by atoms with E-state index in [1.54, 1.807) is 11.0 Å². The number of ether oxygens (including phenoxy) is 3. The van der Waals surface area contributed by atoms with E-state index in [4.69, 9.17) is 19.0 Å². The SMILES string of the molecule is CCN(CC)C(=O)CON=C1C(=Cc2cc(OC)c(OC)c(OC)c2Br)CCC2CC=CC([N+](=O)[O-])=C12. The maximum Gasteiger partial charge on any atom is 0.274 e. The fourth-order valence-electron chi connectivity index (χ4n) is 4.62. The molecule has 0 spiro atoms. The lowest BCUT2D eigenvalue weighted by atomic mass is 9.75. The van der Waals surface area contributed by atoms with Crippen LogP contribution >= 0.6 is 15.9 Å². The highest BCUT2D eigenvalue weighted by molar-refractivity contribution is 9.10. The van der Waals surface area contributed by atoms with Crippen molar-refractivity contribution in [3.05, 3.63) is 55.2 Å². The molecule has 200 valence electrons. The van der Waals surface area contributed by atoms with Gasteiger partial charge in [-0.1, -0.05) is 11.2 Å². The summed E-state index contributed by atoms with van der Waals surface area (Å²) < 4.78 is 17.1. The number of halogens is 1. The van der Waals surface area contributed by atoms with Gasteiger partial charge in [0, 0.05) is 19.2 Å². The molecule has 1 fully saturated rings. The second-order valence-corrected chi connectivity index (χ2v) is 9.22. The van der Waals surface area contributed by atoms with Gasteiger partial charge in [0.2, 0.25) is 5.75 Å². The maximum absolute atomic E-state index is 12.5. The van der Waals surface area contributed by atoms with Gasteiger partial charge in [0.1, 0.15) is 5.71 Å². The first-order chi connectivity index (χ1) is 17.8. The molecule has 0 N–H and O–H groups in total. The number of likely N-dealkylation sites (N-methyl/N-ethyl adjacent to an activating group) is 1. The Kier molecular flexibility index (Phi) is 9.73. The van der Waals surface area contributed by atoms with Crippen molar-refractivity contribution in [3.63, 3.8) is 0 Å². The molecule has 0 aliphatic heterocycles. The molecular weight excluding hydrogens is 546 g/mol. The van der Waals surface area contributed by atoms with E-state index < -0.39 is 4.92 Å². The number of allylic oxidation sites excluding steroid dienone is 4. The van der Waals surface area contributed by atoms with Gasteiger partial charge in [-0.3, -0.25) is 14.9 Å². The fourth-order valence-corrected chi connectivity index (χ4v) is 5.19. The number of hydrogen-bond acceptors (Lipinski definition) is 8. The molecular formula is C26H32BrN3O7. The Morgan fingerprint density at radius 2 is 1.92 bits per heavy atom. The molecule has 1 aromatic carbocycles. The molecule has 1 atom stereocenters. The lowest BCUT2D eigenvalue weighted by Gasteiger charge is -2.29. The lowest BCUT2D eigenvalue weighted by Crippen LogP contribution is -2.33. The molecule has 0 bridgehead atoms. The minimum absolute atomic E-state index is 0.0109. The van der Waals surface area contributed by atoms with Gasteiger partial charge in [0.25, 0.3) is 11.6 Å². The highest BCUT2D eigenvalue weighted by Gasteiger charge is 2.36. The number of carbonyl (C=O) groups excluding carboxylic acids is 1. The van der Waals surface area contributed by atoms with Crippen LogP contribution in [0.4, 0.5) is 0 Å². The van der Waals surface area contributed by atoms with Crippen LogP contribution in [-0.4, -0.2) is 62.5 Å². The Morgan fingerprint density at radius 3 is 2.51 bits per heavy atom. The maximum atomic E-state index is 12.5. The number of hydrogen-bond donors (Lipinski definition) is 0. The summed E-state index contributed by atoms with van der Waals surface area (Å²) >= 11 is 3.59. The van der Waals surface area contributed by atoms with Crippen molar-refractivity contribution in [1.82, 2.24) is 4.90 Å². The van der Waals surface area contributed by atoms with Crippen LogP contribution in [0.25, 0.3) is 6.08 Å². The molecule has 2 aliphatic rings. The van der Waals surface area contributed by atoms with Crippen molar-refractivity contribution in [2.24, 2.45) is 11.1 Å². The zero-order valence-electron chi connectivity index (χ0n) is 21.7. The van der Waals surface area contributed by atoms with E-state index in [2.05, 4.69) is 21.1 Å². The van der Waals surface area contributed by atoms with Crippen LogP contribution in [0.15, 0.2) is 44.7 Å². The molecule has 1 unspecified atom stereocenters. The zero-order chi connectivity index (χ0) is 27.1. The molecule has 2 aliphatic carbocycles. The van der Waals surface area contributed by atoms with E-state index in [0.717, 1.165) is 5.57 Å². The standard InChI is InChI=1S/C26H32BrN3O7/c1-6-29(7-2)21(31)15-37-28-24-17(12-11-16-9-8-10-19(22(16)24)30(32)33)13-18-14-20(34-3)25(35-4)26(36-5)23(18)27/h8,10,13-14,16H,6-7,9,11-12,15H2,1-5H3. The predicted octanol–water partition coefficient (Wildman–Crippen LogP) is 5.00. The quantitative estimate of drug-likeness (QED) is 0.284. The molecule has 0 aromatic heterocycles. The highest BCUT2D eigenvalue weighted by atomic mass is 79.9. The molecule has 1 saturated carbocycles. The van der Waals surface area contributed by atoms with E-state index in [-0.39, 0.29) is 24.1 Å². The monoisotopic (exact) mass is 577 g/mol. The van der Waals surface area contributed by atoms with E-state index in [1.807, 2.05) is 26.0 Å². The summed E-state index contributed by atoms with van der Waals surface area (Å²) in [6.45, 7) is 4.63. The van der Waals surface area contributed by atoms with Crippen LogP contribution in [-0.2, 0) is 9.63 Å². The van der Waals surface area contributed by atoms with Crippen LogP contribution in [0.2, 0.25) is 0 Å². The summed E-state index contributed by atoms with van der Waals surface area (Å²) in [5.41, 5.74) is 2.34. The van der Waals surface area contributed by atoms with Crippen molar-refractivity contribution in [1.29, 1.82) is 0 Å². The molecule has 11 heteroatoms. The summed E-state index contributed by atoms with van der Waals surface area (Å²) in [6, 6.07) is 1.79. The number of methoxy groups -OCH3 is 3. The zero-order valence-corrected chi connectivity index (χ0v) is 23.3. The van der Waals surface area contributed by atoms with Crippen LogP contribution < -0.4 is 14.2 Å². The van der Waals surface area contributed by atoms with Gasteiger partial charge in [-0.2, -0.15) is 0 Å². The first-order valence-electron chi connectivity index (χ1n) is 12.0. The molecule has 10 nitrogen and oxygen atoms in total. The van der Waals surface area contributed by atoms with Crippen molar-refractivity contribution in [3.8, 4) is 17.2 Å². The Morgan fingerprint density at radius 1 is 1.22 bits per heavy atom. The van der Waals surface area contributed by atoms with E-state index in [1.165, 1.54) is 27.4 Å². The van der Waals surface area contributed by atoms with Crippen LogP contribution in [0.3, 0.4) is 0 Å². The second-order valence-electron chi connectivity index (χ2n) is 8.43. The van der Waals surface area contributed by atoms with E-state index in [9.17, 15) is 14.9 Å². The largest absolute Gasteiger partial charge is 0.493 e. The number of nitrogens with zero attached hydrogens (tertiary/aromatic N) is 3. The summed E-state index contributed by atoms with van der Waals surface area (Å²) in [5.74, 6) is 1.09. The van der Waals surface area contributed by atoms with Gasteiger partial charge in [-0.05, 0) is 78.2 Å². The molecule has 0 heterocycles. The smallest absolute Gasteiger partial charge is 0.274 e. The van der Waals surface area contributed by atoms with Gasteiger partial charge < -0.3 is 23.9 Å². The van der Waals surface area contributed by atoms with E-state index >= 15 is 0 Å². The van der Waals surface area contributed by atoms with Crippen LogP contribution in [0, 0.1) is 16.0 Å². The Bertz CT molecular complexity index is 1170.